The van der Waals surface area contributed by atoms with E-state index >= 15 is 0 Å². The zero-order chi connectivity index (χ0) is 15.9. The topological polar surface area (TPSA) is 30.7 Å². The third-order valence-corrected chi connectivity index (χ3v) is 2.70. The van der Waals surface area contributed by atoms with Crippen LogP contribution < -0.4 is 0 Å². The molecule has 1 heterocycles. The van der Waals surface area contributed by atoms with Crippen LogP contribution in [0.15, 0.2) is 0 Å². The Kier molecular flexibility index (Phi) is 4.34. The van der Waals surface area contributed by atoms with Gasteiger partial charge in [-0.3, -0.25) is 0 Å². The van der Waals surface area contributed by atoms with E-state index in [1.54, 1.807) is 0 Å². The van der Waals surface area contributed by atoms with E-state index in [2.05, 4.69) is 10.2 Å². The van der Waals surface area contributed by atoms with Crippen LogP contribution in [0.2, 0.25) is 0 Å². The second-order valence-electron chi connectivity index (χ2n) is 5.13. The summed E-state index contributed by atoms with van der Waals surface area (Å²) >= 11 is 5.50. The van der Waals surface area contributed by atoms with E-state index < -0.39 is 29.6 Å². The van der Waals surface area contributed by atoms with Gasteiger partial charge in [-0.2, -0.15) is 26.3 Å². The van der Waals surface area contributed by atoms with Gasteiger partial charge in [0.05, 0.1) is 5.88 Å². The number of hydrogen-bond acceptors (Lipinski definition) is 2. The van der Waals surface area contributed by atoms with Crippen molar-refractivity contribution in [2.24, 2.45) is 0 Å². The molecule has 0 aliphatic carbocycles. The molecule has 0 unspecified atom stereocenters. The van der Waals surface area contributed by atoms with Crippen molar-refractivity contribution < 1.29 is 26.3 Å². The number of alkyl halides is 7. The highest BCUT2D eigenvalue weighted by molar-refractivity contribution is 6.16. The molecular formula is C10H12ClF6N3. The van der Waals surface area contributed by atoms with E-state index in [1.165, 1.54) is 20.8 Å². The molecule has 0 N–H and O–H groups in total. The van der Waals surface area contributed by atoms with E-state index in [1.807, 2.05) is 0 Å². The van der Waals surface area contributed by atoms with Crippen molar-refractivity contribution in [1.82, 2.24) is 14.8 Å². The van der Waals surface area contributed by atoms with Gasteiger partial charge in [0.15, 0.2) is 5.82 Å². The Bertz CT molecular complexity index is 457. The quantitative estimate of drug-likeness (QED) is 0.609. The Balaban J connectivity index is 3.55. The van der Waals surface area contributed by atoms with Crippen LogP contribution in [-0.2, 0) is 11.4 Å². The Morgan fingerprint density at radius 2 is 1.45 bits per heavy atom. The molecule has 0 saturated heterocycles. The minimum absolute atomic E-state index is 0.146. The SMILES string of the molecule is CC(C)(C)n1c(CCl)nnc1C(C(F)(F)F)C(F)(F)F. The van der Waals surface area contributed by atoms with Crippen molar-refractivity contribution >= 4 is 11.6 Å². The molecule has 0 aliphatic rings. The molecule has 0 bridgehead atoms. The van der Waals surface area contributed by atoms with Crippen LogP contribution in [0.25, 0.3) is 0 Å². The van der Waals surface area contributed by atoms with Crippen LogP contribution in [0.5, 0.6) is 0 Å². The smallest absolute Gasteiger partial charge is 0.308 e. The van der Waals surface area contributed by atoms with Gasteiger partial charge in [0.25, 0.3) is 0 Å². The zero-order valence-electron chi connectivity index (χ0n) is 10.8. The predicted molar refractivity (Wildman–Crippen MR) is 59.4 cm³/mol. The third-order valence-electron chi connectivity index (χ3n) is 2.46. The lowest BCUT2D eigenvalue weighted by Gasteiger charge is -2.29. The van der Waals surface area contributed by atoms with Crippen molar-refractivity contribution in [2.75, 3.05) is 0 Å². The Labute approximate surface area is 115 Å². The second kappa shape index (κ2) is 5.09. The minimum Gasteiger partial charge on any atom is -0.308 e. The second-order valence-corrected chi connectivity index (χ2v) is 5.40. The molecule has 0 atom stereocenters. The highest BCUT2D eigenvalue weighted by atomic mass is 35.5. The summed E-state index contributed by atoms with van der Waals surface area (Å²) in [6, 6.07) is 0. The van der Waals surface area contributed by atoms with Gasteiger partial charge in [-0.05, 0) is 20.8 Å². The number of halogens is 7. The Morgan fingerprint density at radius 3 is 1.75 bits per heavy atom. The first kappa shape index (κ1) is 17.1. The summed E-state index contributed by atoms with van der Waals surface area (Å²) in [4.78, 5) is 0. The zero-order valence-corrected chi connectivity index (χ0v) is 11.5. The highest BCUT2D eigenvalue weighted by Crippen LogP contribution is 2.46. The highest BCUT2D eigenvalue weighted by Gasteiger charge is 2.60. The van der Waals surface area contributed by atoms with E-state index in [0.717, 1.165) is 4.57 Å². The Hall–Kier alpha value is -0.990. The molecule has 0 aliphatic heterocycles. The van der Waals surface area contributed by atoms with Gasteiger partial charge in [0.1, 0.15) is 5.82 Å². The fourth-order valence-corrected chi connectivity index (χ4v) is 1.99. The first-order chi connectivity index (χ1) is 8.80. The van der Waals surface area contributed by atoms with Crippen LogP contribution in [0.1, 0.15) is 38.3 Å². The van der Waals surface area contributed by atoms with Crippen LogP contribution in [-0.4, -0.2) is 27.1 Å². The van der Waals surface area contributed by atoms with E-state index in [4.69, 9.17) is 11.6 Å². The maximum absolute atomic E-state index is 12.7. The number of nitrogens with zero attached hydrogens (tertiary/aromatic N) is 3. The summed E-state index contributed by atoms with van der Waals surface area (Å²) in [6.45, 7) is 4.33. The van der Waals surface area contributed by atoms with Crippen LogP contribution in [0.4, 0.5) is 26.3 Å². The standard InChI is InChI=1S/C10H12ClF6N3/c1-8(2,3)20-5(4-11)18-19-7(20)6(9(12,13)14)10(15,16)17/h6H,4H2,1-3H3. The van der Waals surface area contributed by atoms with Gasteiger partial charge in [-0.15, -0.1) is 21.8 Å². The molecule has 0 spiro atoms. The molecule has 0 saturated carbocycles. The monoisotopic (exact) mass is 323 g/mol. The molecule has 3 nitrogen and oxygen atoms in total. The lowest BCUT2D eigenvalue weighted by Crippen LogP contribution is -2.39. The molecule has 116 valence electrons. The van der Waals surface area contributed by atoms with Crippen LogP contribution in [0.3, 0.4) is 0 Å². The average molecular weight is 324 g/mol. The fraction of sp³-hybridized carbons (Fsp3) is 0.800. The van der Waals surface area contributed by atoms with Gasteiger partial charge in [0.2, 0.25) is 5.92 Å². The molecule has 0 radical (unpaired) electrons. The van der Waals surface area contributed by atoms with Crippen molar-refractivity contribution in [2.45, 2.75) is 50.5 Å². The third kappa shape index (κ3) is 3.36. The van der Waals surface area contributed by atoms with Gasteiger partial charge < -0.3 is 4.57 Å². The molecule has 0 fully saturated rings. The number of hydrogen-bond donors (Lipinski definition) is 0. The number of aromatic nitrogens is 3. The molecule has 0 amide bonds. The predicted octanol–water partition coefficient (Wildman–Crippen LogP) is 3.98. The van der Waals surface area contributed by atoms with E-state index in [-0.39, 0.29) is 11.7 Å². The normalized spacial score (nSPS) is 14.2. The number of rotatable bonds is 2. The summed E-state index contributed by atoms with van der Waals surface area (Å²) in [7, 11) is 0. The minimum atomic E-state index is -5.52. The van der Waals surface area contributed by atoms with Gasteiger partial charge in [-0.1, -0.05) is 0 Å². The first-order valence-corrected chi connectivity index (χ1v) is 5.97. The summed E-state index contributed by atoms with van der Waals surface area (Å²) in [5.74, 6) is -5.38. The van der Waals surface area contributed by atoms with Crippen LogP contribution in [0, 0.1) is 0 Å². The van der Waals surface area contributed by atoms with E-state index in [9.17, 15) is 26.3 Å². The fourth-order valence-electron chi connectivity index (χ4n) is 1.81. The van der Waals surface area contributed by atoms with Crippen molar-refractivity contribution in [3.05, 3.63) is 11.6 Å². The van der Waals surface area contributed by atoms with E-state index in [0.29, 0.717) is 0 Å². The average Bonchev–Trinajstić information content (AvgIpc) is 2.55. The first-order valence-electron chi connectivity index (χ1n) is 5.44. The van der Waals surface area contributed by atoms with Crippen LogP contribution >= 0.6 is 11.6 Å². The lowest BCUT2D eigenvalue weighted by atomic mass is 10.0. The van der Waals surface area contributed by atoms with Crippen molar-refractivity contribution in [3.63, 3.8) is 0 Å². The van der Waals surface area contributed by atoms with Crippen molar-refractivity contribution in [1.29, 1.82) is 0 Å². The summed E-state index contributed by atoms with van der Waals surface area (Å²) in [5.41, 5.74) is -1.07. The maximum Gasteiger partial charge on any atom is 0.407 e. The molecule has 1 rings (SSSR count). The van der Waals surface area contributed by atoms with Gasteiger partial charge >= 0.3 is 12.4 Å². The van der Waals surface area contributed by atoms with Gasteiger partial charge in [-0.25, -0.2) is 0 Å². The molecule has 1 aromatic rings. The molecule has 20 heavy (non-hydrogen) atoms. The molecule has 10 heteroatoms. The summed E-state index contributed by atoms with van der Waals surface area (Å²) < 4.78 is 77.3. The molecular weight excluding hydrogens is 312 g/mol. The molecule has 0 aromatic carbocycles. The summed E-state index contributed by atoms with van der Waals surface area (Å²) in [5, 5.41) is 6.41. The Morgan fingerprint density at radius 1 is 1.00 bits per heavy atom. The molecule has 1 aromatic heterocycles. The lowest BCUT2D eigenvalue weighted by molar-refractivity contribution is -0.256. The maximum atomic E-state index is 12.7. The largest absolute Gasteiger partial charge is 0.407 e. The summed E-state index contributed by atoms with van der Waals surface area (Å²) in [6.07, 6.45) is -11.0. The van der Waals surface area contributed by atoms with Gasteiger partial charge in [0, 0.05) is 5.54 Å². The van der Waals surface area contributed by atoms with Crippen molar-refractivity contribution in [3.8, 4) is 0 Å².